The van der Waals surface area contributed by atoms with E-state index in [0.29, 0.717) is 6.54 Å². The maximum Gasteiger partial charge on any atom is 0.279 e. The molecule has 0 radical (unpaired) electrons. The maximum atomic E-state index is 12.4. The Hall–Kier alpha value is -2.04. The minimum atomic E-state index is 0.0816. The predicted octanol–water partition coefficient (Wildman–Crippen LogP) is 2.30. The van der Waals surface area contributed by atoms with E-state index in [2.05, 4.69) is 29.3 Å². The number of anilines is 2. The minimum Gasteiger partial charge on any atom is -0.360 e. The number of benzene rings is 2. The topological polar surface area (TPSA) is 36.8 Å². The number of carbonyl (C=O) groups excluding carboxylic acids is 1. The van der Waals surface area contributed by atoms with Gasteiger partial charge < -0.3 is 15.1 Å². The van der Waals surface area contributed by atoms with E-state index in [1.54, 1.807) is 0 Å². The van der Waals surface area contributed by atoms with Crippen molar-refractivity contribution < 1.29 is 9.69 Å². The van der Waals surface area contributed by atoms with Gasteiger partial charge in [0.2, 0.25) is 0 Å². The summed E-state index contributed by atoms with van der Waals surface area (Å²) >= 11 is 6.08. The first-order valence-corrected chi connectivity index (χ1v) is 9.10. The molecule has 3 rings (SSSR count). The average Bonchev–Trinajstić information content (AvgIpc) is 2.58. The third kappa shape index (κ3) is 4.74. The Balaban J connectivity index is 1.51. The third-order valence-electron chi connectivity index (χ3n) is 4.71. The van der Waals surface area contributed by atoms with Gasteiger partial charge in [-0.1, -0.05) is 35.4 Å². The highest BCUT2D eigenvalue weighted by atomic mass is 35.5. The van der Waals surface area contributed by atoms with Gasteiger partial charge in [0.25, 0.3) is 5.91 Å². The molecule has 0 saturated carbocycles. The summed E-state index contributed by atoms with van der Waals surface area (Å²) in [6.07, 6.45) is 0. The lowest BCUT2D eigenvalue weighted by atomic mass is 10.1. The number of aryl methyl sites for hydroxylation is 2. The summed E-state index contributed by atoms with van der Waals surface area (Å²) < 4.78 is 0. The van der Waals surface area contributed by atoms with Crippen molar-refractivity contribution in [3.63, 3.8) is 0 Å². The van der Waals surface area contributed by atoms with Crippen LogP contribution in [-0.2, 0) is 4.79 Å². The largest absolute Gasteiger partial charge is 0.360 e. The fraction of sp³-hybridized carbons (Fsp3) is 0.350. The third-order valence-corrected chi connectivity index (χ3v) is 4.95. The second-order valence-electron chi connectivity index (χ2n) is 6.76. The van der Waals surface area contributed by atoms with Gasteiger partial charge in [0.1, 0.15) is 0 Å². The van der Waals surface area contributed by atoms with E-state index in [9.17, 15) is 4.79 Å². The van der Waals surface area contributed by atoms with Gasteiger partial charge in [-0.3, -0.25) is 4.79 Å². The molecule has 1 amide bonds. The molecule has 4 nitrogen and oxygen atoms in total. The lowest BCUT2D eigenvalue weighted by molar-refractivity contribution is -0.892. The Morgan fingerprint density at radius 2 is 1.92 bits per heavy atom. The molecular weight excluding hydrogens is 334 g/mol. The molecule has 132 valence electrons. The number of halogens is 1. The zero-order valence-electron chi connectivity index (χ0n) is 14.8. The second-order valence-corrected chi connectivity index (χ2v) is 7.20. The molecule has 0 bridgehead atoms. The molecule has 0 spiro atoms. The number of hydrogen-bond donors (Lipinski definition) is 2. The molecule has 1 aliphatic heterocycles. The second kappa shape index (κ2) is 7.89. The number of rotatable bonds is 4. The van der Waals surface area contributed by atoms with Crippen molar-refractivity contribution in [2.24, 2.45) is 0 Å². The number of nitrogens with one attached hydrogen (secondary N) is 2. The Morgan fingerprint density at radius 3 is 2.60 bits per heavy atom. The highest BCUT2D eigenvalue weighted by Gasteiger charge is 2.22. The molecule has 2 aromatic carbocycles. The SMILES string of the molecule is Cc1ccc(NC(=O)C[NH+]2CCN(c3cccc(Cl)c3)CC2)c(C)c1. The Morgan fingerprint density at radius 1 is 1.16 bits per heavy atom. The van der Waals surface area contributed by atoms with E-state index < -0.39 is 0 Å². The van der Waals surface area contributed by atoms with Crippen molar-refractivity contribution in [1.82, 2.24) is 0 Å². The normalized spacial score (nSPS) is 15.2. The zero-order chi connectivity index (χ0) is 17.8. The van der Waals surface area contributed by atoms with E-state index in [4.69, 9.17) is 11.6 Å². The van der Waals surface area contributed by atoms with E-state index in [-0.39, 0.29) is 5.91 Å². The molecule has 0 aliphatic carbocycles. The van der Waals surface area contributed by atoms with Crippen molar-refractivity contribution >= 4 is 28.9 Å². The molecular formula is C20H25ClN3O+. The molecule has 1 fully saturated rings. The lowest BCUT2D eigenvalue weighted by Crippen LogP contribution is -3.15. The van der Waals surface area contributed by atoms with Gasteiger partial charge in [0.05, 0.1) is 26.2 Å². The van der Waals surface area contributed by atoms with Crippen LogP contribution in [0.15, 0.2) is 42.5 Å². The summed E-state index contributed by atoms with van der Waals surface area (Å²) in [7, 11) is 0. The van der Waals surface area contributed by atoms with Crippen LogP contribution in [0.5, 0.6) is 0 Å². The summed E-state index contributed by atoms with van der Waals surface area (Å²) in [6.45, 7) is 8.37. The molecule has 2 aromatic rings. The minimum absolute atomic E-state index is 0.0816. The van der Waals surface area contributed by atoms with Crippen molar-refractivity contribution in [1.29, 1.82) is 0 Å². The standard InChI is InChI=1S/C20H24ClN3O/c1-15-6-7-19(16(2)12-15)22-20(25)14-23-8-10-24(11-9-23)18-5-3-4-17(21)13-18/h3-7,12-13H,8-11,14H2,1-2H3,(H,22,25)/p+1. The van der Waals surface area contributed by atoms with Gasteiger partial charge in [0.15, 0.2) is 6.54 Å². The van der Waals surface area contributed by atoms with Crippen LogP contribution < -0.4 is 15.1 Å². The first-order chi connectivity index (χ1) is 12.0. The lowest BCUT2D eigenvalue weighted by Gasteiger charge is -2.33. The van der Waals surface area contributed by atoms with Crippen LogP contribution in [0.1, 0.15) is 11.1 Å². The van der Waals surface area contributed by atoms with Crippen molar-refractivity contribution in [3.05, 3.63) is 58.6 Å². The molecule has 25 heavy (non-hydrogen) atoms. The molecule has 5 heteroatoms. The predicted molar refractivity (Wildman–Crippen MR) is 104 cm³/mol. The summed E-state index contributed by atoms with van der Waals surface area (Å²) in [4.78, 5) is 16.0. The highest BCUT2D eigenvalue weighted by Crippen LogP contribution is 2.19. The Kier molecular flexibility index (Phi) is 5.61. The smallest absolute Gasteiger partial charge is 0.279 e. The van der Waals surface area contributed by atoms with E-state index in [0.717, 1.165) is 48.1 Å². The number of amides is 1. The molecule has 1 heterocycles. The number of quaternary nitrogens is 1. The maximum absolute atomic E-state index is 12.4. The van der Waals surface area contributed by atoms with Gasteiger partial charge in [0, 0.05) is 16.4 Å². The summed E-state index contributed by atoms with van der Waals surface area (Å²) in [6, 6.07) is 14.1. The van der Waals surface area contributed by atoms with Gasteiger partial charge in [-0.05, 0) is 43.7 Å². The Bertz CT molecular complexity index is 754. The van der Waals surface area contributed by atoms with E-state index in [1.165, 1.54) is 10.5 Å². The average molecular weight is 359 g/mol. The van der Waals surface area contributed by atoms with E-state index in [1.807, 2.05) is 37.3 Å². The van der Waals surface area contributed by atoms with Crippen LogP contribution in [0.2, 0.25) is 5.02 Å². The van der Waals surface area contributed by atoms with Gasteiger partial charge >= 0.3 is 0 Å². The Labute approximate surface area is 154 Å². The van der Waals surface area contributed by atoms with Gasteiger partial charge in [-0.2, -0.15) is 0 Å². The summed E-state index contributed by atoms with van der Waals surface area (Å²) in [5, 5.41) is 3.81. The highest BCUT2D eigenvalue weighted by molar-refractivity contribution is 6.30. The first kappa shape index (κ1) is 17.8. The van der Waals surface area contributed by atoms with Gasteiger partial charge in [-0.25, -0.2) is 0 Å². The van der Waals surface area contributed by atoms with Crippen LogP contribution >= 0.6 is 11.6 Å². The molecule has 0 atom stereocenters. The number of nitrogens with zero attached hydrogens (tertiary/aromatic N) is 1. The first-order valence-electron chi connectivity index (χ1n) is 8.72. The molecule has 1 saturated heterocycles. The molecule has 1 aliphatic rings. The number of piperazine rings is 1. The van der Waals surface area contributed by atoms with E-state index >= 15 is 0 Å². The van der Waals surface area contributed by atoms with Gasteiger partial charge in [-0.15, -0.1) is 0 Å². The van der Waals surface area contributed by atoms with Crippen molar-refractivity contribution in [2.45, 2.75) is 13.8 Å². The fourth-order valence-corrected chi connectivity index (χ4v) is 3.49. The molecule has 0 aromatic heterocycles. The summed E-state index contributed by atoms with van der Waals surface area (Å²) in [5.74, 6) is 0.0816. The van der Waals surface area contributed by atoms with Crippen LogP contribution in [0, 0.1) is 13.8 Å². The zero-order valence-corrected chi connectivity index (χ0v) is 15.6. The monoisotopic (exact) mass is 358 g/mol. The van der Waals surface area contributed by atoms with Crippen LogP contribution in [0.4, 0.5) is 11.4 Å². The van der Waals surface area contributed by atoms with Crippen LogP contribution in [-0.4, -0.2) is 38.6 Å². The fourth-order valence-electron chi connectivity index (χ4n) is 3.31. The van der Waals surface area contributed by atoms with Crippen molar-refractivity contribution in [2.75, 3.05) is 42.9 Å². The number of hydrogen-bond acceptors (Lipinski definition) is 2. The quantitative estimate of drug-likeness (QED) is 0.880. The van der Waals surface area contributed by atoms with Crippen LogP contribution in [0.25, 0.3) is 0 Å². The molecule has 2 N–H and O–H groups in total. The van der Waals surface area contributed by atoms with Crippen molar-refractivity contribution in [3.8, 4) is 0 Å². The molecule has 0 unspecified atom stereocenters. The van der Waals surface area contributed by atoms with Crippen LogP contribution in [0.3, 0.4) is 0 Å². The number of carbonyl (C=O) groups is 1. The summed E-state index contributed by atoms with van der Waals surface area (Å²) in [5.41, 5.74) is 4.38.